The van der Waals surface area contributed by atoms with Gasteiger partial charge in [-0.2, -0.15) is 0 Å². The van der Waals surface area contributed by atoms with Crippen molar-refractivity contribution in [2.75, 3.05) is 34.1 Å². The van der Waals surface area contributed by atoms with Crippen LogP contribution in [0.2, 0.25) is 0 Å². The van der Waals surface area contributed by atoms with Crippen LogP contribution in [0, 0.1) is 0 Å². The van der Waals surface area contributed by atoms with Gasteiger partial charge in [-0.15, -0.1) is 0 Å². The zero-order chi connectivity index (χ0) is 20.5. The van der Waals surface area contributed by atoms with E-state index in [-0.39, 0.29) is 0 Å². The Morgan fingerprint density at radius 3 is 2.66 bits per heavy atom. The first-order valence-corrected chi connectivity index (χ1v) is 9.86. The topological polar surface area (TPSA) is 73.3 Å². The summed E-state index contributed by atoms with van der Waals surface area (Å²) in [6.45, 7) is 4.44. The van der Waals surface area contributed by atoms with Crippen molar-refractivity contribution < 1.29 is 18.9 Å². The van der Waals surface area contributed by atoms with Crippen LogP contribution in [-0.4, -0.2) is 40.1 Å². The Morgan fingerprint density at radius 2 is 1.86 bits per heavy atom. The molecule has 7 nitrogen and oxygen atoms in total. The number of aliphatic imine (C=N–C) groups is 1. The number of ether oxygens (including phenoxy) is 4. The van der Waals surface area contributed by atoms with E-state index in [4.69, 9.17) is 18.9 Å². The van der Waals surface area contributed by atoms with Crippen molar-refractivity contribution in [3.05, 3.63) is 47.5 Å². The molecule has 1 heterocycles. The van der Waals surface area contributed by atoms with Gasteiger partial charge in [0.2, 0.25) is 6.79 Å². The third-order valence-corrected chi connectivity index (χ3v) is 4.52. The van der Waals surface area contributed by atoms with E-state index in [1.165, 1.54) is 5.56 Å². The van der Waals surface area contributed by atoms with Crippen LogP contribution in [0.25, 0.3) is 0 Å². The van der Waals surface area contributed by atoms with Crippen molar-refractivity contribution in [1.82, 2.24) is 10.6 Å². The first-order valence-electron chi connectivity index (χ1n) is 9.86. The van der Waals surface area contributed by atoms with Gasteiger partial charge in [0, 0.05) is 20.1 Å². The molecule has 0 spiro atoms. The molecule has 2 aromatic carbocycles. The van der Waals surface area contributed by atoms with Crippen LogP contribution in [-0.2, 0) is 13.0 Å². The molecule has 1 aliphatic rings. The third-order valence-electron chi connectivity index (χ3n) is 4.52. The van der Waals surface area contributed by atoms with E-state index >= 15 is 0 Å². The summed E-state index contributed by atoms with van der Waals surface area (Å²) in [7, 11) is 3.42. The fourth-order valence-corrected chi connectivity index (χ4v) is 2.98. The average molecular weight is 399 g/mol. The molecule has 0 bridgehead atoms. The predicted octanol–water partition coefficient (Wildman–Crippen LogP) is 3.12. The predicted molar refractivity (Wildman–Crippen MR) is 113 cm³/mol. The highest BCUT2D eigenvalue weighted by atomic mass is 16.7. The van der Waals surface area contributed by atoms with Gasteiger partial charge in [0.05, 0.1) is 13.7 Å². The van der Waals surface area contributed by atoms with Gasteiger partial charge >= 0.3 is 0 Å². The normalized spacial score (nSPS) is 12.6. The maximum Gasteiger partial charge on any atom is 0.231 e. The van der Waals surface area contributed by atoms with Crippen molar-refractivity contribution in [2.45, 2.75) is 26.3 Å². The minimum Gasteiger partial charge on any atom is -0.493 e. The second kappa shape index (κ2) is 10.5. The largest absolute Gasteiger partial charge is 0.493 e. The van der Waals surface area contributed by atoms with E-state index in [9.17, 15) is 0 Å². The lowest BCUT2D eigenvalue weighted by Crippen LogP contribution is -2.37. The van der Waals surface area contributed by atoms with Gasteiger partial charge in [0.1, 0.15) is 0 Å². The van der Waals surface area contributed by atoms with E-state index in [0.29, 0.717) is 19.9 Å². The zero-order valence-corrected chi connectivity index (χ0v) is 17.3. The van der Waals surface area contributed by atoms with Crippen LogP contribution in [0.4, 0.5) is 0 Å². The smallest absolute Gasteiger partial charge is 0.231 e. The standard InChI is InChI=1S/C22H29N3O4/c1-4-11-27-18-8-6-17(13-20(18)26-3)14-25-22(23-2)24-10-9-16-5-7-19-21(12-16)29-15-28-19/h5-8,12-13H,4,9-11,14-15H2,1-3H3,(H2,23,24,25). The molecule has 2 aromatic rings. The fraction of sp³-hybridized carbons (Fsp3) is 0.409. The lowest BCUT2D eigenvalue weighted by molar-refractivity contribution is 0.174. The fourth-order valence-electron chi connectivity index (χ4n) is 2.98. The molecule has 0 atom stereocenters. The maximum absolute atomic E-state index is 5.70. The van der Waals surface area contributed by atoms with Gasteiger partial charge in [-0.25, -0.2) is 0 Å². The van der Waals surface area contributed by atoms with Gasteiger partial charge in [0.25, 0.3) is 0 Å². The van der Waals surface area contributed by atoms with Crippen LogP contribution in [0.5, 0.6) is 23.0 Å². The number of guanidine groups is 1. The second-order valence-electron chi connectivity index (χ2n) is 6.62. The quantitative estimate of drug-likeness (QED) is 0.499. The minimum atomic E-state index is 0.296. The second-order valence-corrected chi connectivity index (χ2v) is 6.62. The molecule has 0 fully saturated rings. The van der Waals surface area contributed by atoms with E-state index in [0.717, 1.165) is 53.9 Å². The highest BCUT2D eigenvalue weighted by Crippen LogP contribution is 2.32. The number of benzene rings is 2. The molecule has 156 valence electrons. The molecule has 29 heavy (non-hydrogen) atoms. The summed E-state index contributed by atoms with van der Waals surface area (Å²) < 4.78 is 21.9. The summed E-state index contributed by atoms with van der Waals surface area (Å²) in [5.41, 5.74) is 2.27. The average Bonchev–Trinajstić information content (AvgIpc) is 3.22. The number of methoxy groups -OCH3 is 1. The number of nitrogens with one attached hydrogen (secondary N) is 2. The first kappa shape index (κ1) is 20.6. The monoisotopic (exact) mass is 399 g/mol. The molecule has 1 aliphatic heterocycles. The zero-order valence-electron chi connectivity index (χ0n) is 17.3. The van der Waals surface area contributed by atoms with E-state index in [1.807, 2.05) is 30.3 Å². The molecule has 7 heteroatoms. The maximum atomic E-state index is 5.70. The molecule has 0 saturated heterocycles. The van der Waals surface area contributed by atoms with Gasteiger partial charge in [-0.1, -0.05) is 19.1 Å². The van der Waals surface area contributed by atoms with Crippen LogP contribution < -0.4 is 29.6 Å². The van der Waals surface area contributed by atoms with Crippen LogP contribution in [0.1, 0.15) is 24.5 Å². The molecular weight excluding hydrogens is 370 g/mol. The van der Waals surface area contributed by atoms with E-state index < -0.39 is 0 Å². The van der Waals surface area contributed by atoms with Gasteiger partial charge < -0.3 is 29.6 Å². The Kier molecular flexibility index (Phi) is 7.44. The van der Waals surface area contributed by atoms with Crippen LogP contribution in [0.15, 0.2) is 41.4 Å². The molecule has 0 aliphatic carbocycles. The highest BCUT2D eigenvalue weighted by Gasteiger charge is 2.13. The molecule has 3 rings (SSSR count). The Bertz CT molecular complexity index is 839. The Morgan fingerprint density at radius 1 is 1.03 bits per heavy atom. The Hall–Kier alpha value is -3.09. The Balaban J connectivity index is 1.47. The molecule has 0 amide bonds. The summed E-state index contributed by atoms with van der Waals surface area (Å²) in [6, 6.07) is 12.0. The summed E-state index contributed by atoms with van der Waals surface area (Å²) in [5.74, 6) is 3.87. The summed E-state index contributed by atoms with van der Waals surface area (Å²) in [6.07, 6.45) is 1.81. The number of fused-ring (bicyclic) bond motifs is 1. The SMILES string of the molecule is CCCOc1ccc(CNC(=NC)NCCc2ccc3c(c2)OCO3)cc1OC. The molecular formula is C22H29N3O4. The van der Waals surface area contributed by atoms with Gasteiger partial charge in [-0.3, -0.25) is 4.99 Å². The lowest BCUT2D eigenvalue weighted by atomic mass is 10.1. The molecule has 2 N–H and O–H groups in total. The molecule has 0 unspecified atom stereocenters. The molecule has 0 aromatic heterocycles. The number of nitrogens with zero attached hydrogens (tertiary/aromatic N) is 1. The van der Waals surface area contributed by atoms with Crippen molar-refractivity contribution in [3.8, 4) is 23.0 Å². The van der Waals surface area contributed by atoms with Crippen molar-refractivity contribution in [3.63, 3.8) is 0 Å². The number of rotatable bonds is 9. The Labute approximate surface area is 172 Å². The molecule has 0 radical (unpaired) electrons. The lowest BCUT2D eigenvalue weighted by Gasteiger charge is -2.14. The van der Waals surface area contributed by atoms with E-state index in [2.05, 4.69) is 28.6 Å². The minimum absolute atomic E-state index is 0.296. The third kappa shape index (κ3) is 5.70. The summed E-state index contributed by atoms with van der Waals surface area (Å²) in [5, 5.41) is 6.66. The molecule has 0 saturated carbocycles. The highest BCUT2D eigenvalue weighted by molar-refractivity contribution is 5.79. The summed E-state index contributed by atoms with van der Waals surface area (Å²) >= 11 is 0. The summed E-state index contributed by atoms with van der Waals surface area (Å²) in [4.78, 5) is 4.29. The first-order chi connectivity index (χ1) is 14.2. The van der Waals surface area contributed by atoms with Crippen LogP contribution >= 0.6 is 0 Å². The van der Waals surface area contributed by atoms with Gasteiger partial charge in [-0.05, 0) is 48.2 Å². The van der Waals surface area contributed by atoms with Gasteiger partial charge in [0.15, 0.2) is 29.0 Å². The van der Waals surface area contributed by atoms with Crippen molar-refractivity contribution in [1.29, 1.82) is 0 Å². The van der Waals surface area contributed by atoms with Crippen molar-refractivity contribution in [2.24, 2.45) is 4.99 Å². The number of hydrogen-bond acceptors (Lipinski definition) is 5. The van der Waals surface area contributed by atoms with E-state index in [1.54, 1.807) is 14.2 Å². The number of hydrogen-bond donors (Lipinski definition) is 2. The van der Waals surface area contributed by atoms with Crippen molar-refractivity contribution >= 4 is 5.96 Å². The van der Waals surface area contributed by atoms with Crippen LogP contribution in [0.3, 0.4) is 0 Å².